The maximum absolute atomic E-state index is 6.81. The van der Waals surface area contributed by atoms with Gasteiger partial charge < -0.3 is 16.0 Å². The minimum atomic E-state index is -0.184. The maximum atomic E-state index is 6.81. The zero-order chi connectivity index (χ0) is 19.1. The van der Waals surface area contributed by atoms with Crippen LogP contribution in [0.4, 0.5) is 0 Å². The normalized spacial score (nSPS) is 19.7. The van der Waals surface area contributed by atoms with Gasteiger partial charge in [0, 0.05) is 48.4 Å². The Bertz CT molecular complexity index is 1080. The molecule has 1 atom stereocenters. The van der Waals surface area contributed by atoms with Gasteiger partial charge in [-0.1, -0.05) is 48.5 Å². The van der Waals surface area contributed by atoms with E-state index in [9.17, 15) is 0 Å². The van der Waals surface area contributed by atoms with Crippen molar-refractivity contribution in [3.05, 3.63) is 83.2 Å². The number of para-hydroxylation sites is 1. The van der Waals surface area contributed by atoms with Gasteiger partial charge in [0.2, 0.25) is 5.96 Å². The van der Waals surface area contributed by atoms with Gasteiger partial charge >= 0.3 is 0 Å². The summed E-state index contributed by atoms with van der Waals surface area (Å²) in [5, 5.41) is 4.67. The van der Waals surface area contributed by atoms with Crippen molar-refractivity contribution in [3.8, 4) is 0 Å². The summed E-state index contributed by atoms with van der Waals surface area (Å²) in [5.74, 6) is 0.927. The molecule has 0 fully saturated rings. The molecular weight excluding hydrogens is 346 g/mol. The van der Waals surface area contributed by atoms with E-state index in [2.05, 4.69) is 76.3 Å². The smallest absolute Gasteiger partial charge is 0.212 e. The Hall–Kier alpha value is -2.89. The summed E-state index contributed by atoms with van der Waals surface area (Å²) in [5.41, 5.74) is 12.7. The van der Waals surface area contributed by atoms with Gasteiger partial charge in [0.1, 0.15) is 6.17 Å². The van der Waals surface area contributed by atoms with Gasteiger partial charge in [0.05, 0.1) is 5.52 Å². The first-order valence-corrected chi connectivity index (χ1v) is 9.87. The molecule has 142 valence electrons. The third kappa shape index (κ3) is 2.84. The van der Waals surface area contributed by atoms with E-state index in [1.54, 1.807) is 0 Å². The molecule has 0 saturated carbocycles. The summed E-state index contributed by atoms with van der Waals surface area (Å²) >= 11 is 0. The summed E-state index contributed by atoms with van der Waals surface area (Å²) in [7, 11) is 0. The number of rotatable bonds is 2. The van der Waals surface area contributed by atoms with Crippen molar-refractivity contribution in [2.24, 2.45) is 10.7 Å². The lowest BCUT2D eigenvalue weighted by molar-refractivity contribution is 0.315. The highest BCUT2D eigenvalue weighted by Crippen LogP contribution is 2.29. The zero-order valence-corrected chi connectivity index (χ0v) is 16.1. The first-order chi connectivity index (χ1) is 13.7. The number of nitrogens with one attached hydrogen (secondary N) is 1. The molecule has 0 bridgehead atoms. The molecule has 3 N–H and O–H groups in total. The number of fused-ring (bicyclic) bond motifs is 1. The van der Waals surface area contributed by atoms with Gasteiger partial charge in [-0.15, -0.1) is 0 Å². The van der Waals surface area contributed by atoms with Crippen molar-refractivity contribution in [1.29, 1.82) is 0 Å². The van der Waals surface area contributed by atoms with Crippen molar-refractivity contribution in [2.75, 3.05) is 13.1 Å². The summed E-state index contributed by atoms with van der Waals surface area (Å²) in [4.78, 5) is 7.39. The highest BCUT2D eigenvalue weighted by Gasteiger charge is 2.32. The van der Waals surface area contributed by atoms with Gasteiger partial charge in [0.15, 0.2) is 0 Å². The molecule has 2 aliphatic rings. The molecule has 3 heterocycles. The number of aliphatic imine (C=N–C) groups is 1. The molecule has 1 unspecified atom stereocenters. The average Bonchev–Trinajstić information content (AvgIpc) is 3.06. The molecule has 5 rings (SSSR count). The number of aromatic nitrogens is 1. The zero-order valence-electron chi connectivity index (χ0n) is 16.1. The van der Waals surface area contributed by atoms with Crippen LogP contribution < -0.4 is 11.1 Å². The second-order valence-corrected chi connectivity index (χ2v) is 7.55. The van der Waals surface area contributed by atoms with Crippen LogP contribution in [0.3, 0.4) is 0 Å². The largest absolute Gasteiger partial charge is 0.318 e. The number of nitrogens with two attached hydrogens (primary N) is 1. The maximum Gasteiger partial charge on any atom is 0.212 e. The van der Waals surface area contributed by atoms with Gasteiger partial charge in [-0.3, -0.25) is 4.57 Å². The van der Waals surface area contributed by atoms with Gasteiger partial charge in [-0.2, -0.15) is 0 Å². The highest BCUT2D eigenvalue weighted by atomic mass is 15.4. The van der Waals surface area contributed by atoms with Crippen LogP contribution >= 0.6 is 0 Å². The van der Waals surface area contributed by atoms with Gasteiger partial charge in [-0.05, 0) is 24.6 Å². The fraction of sp³-hybridized carbons (Fsp3) is 0.261. The number of hydrogen-bond acceptors (Lipinski definition) is 4. The summed E-state index contributed by atoms with van der Waals surface area (Å²) in [6, 6.07) is 21.2. The minimum Gasteiger partial charge on any atom is -0.318 e. The van der Waals surface area contributed by atoms with E-state index in [1.807, 2.05) is 6.07 Å². The SMILES string of the molecule is Cc1cc2ccccc2n1C1=NC2=C(CNCC2)C(N)N1Cc1ccccc1. The van der Waals surface area contributed by atoms with E-state index < -0.39 is 0 Å². The number of benzene rings is 2. The van der Waals surface area contributed by atoms with Crippen LogP contribution in [0.1, 0.15) is 17.7 Å². The highest BCUT2D eigenvalue weighted by molar-refractivity contribution is 5.96. The topological polar surface area (TPSA) is 58.6 Å². The van der Waals surface area contributed by atoms with Crippen molar-refractivity contribution in [2.45, 2.75) is 26.1 Å². The van der Waals surface area contributed by atoms with Crippen molar-refractivity contribution in [1.82, 2.24) is 14.8 Å². The molecule has 0 radical (unpaired) electrons. The van der Waals surface area contributed by atoms with Crippen LogP contribution in [-0.2, 0) is 6.54 Å². The van der Waals surface area contributed by atoms with E-state index in [4.69, 9.17) is 10.7 Å². The van der Waals surface area contributed by atoms with Gasteiger partial charge in [-0.25, -0.2) is 4.99 Å². The molecule has 3 aromatic rings. The lowest BCUT2D eigenvalue weighted by Gasteiger charge is -2.39. The summed E-state index contributed by atoms with van der Waals surface area (Å²) < 4.78 is 2.25. The van der Waals surface area contributed by atoms with E-state index in [0.717, 1.165) is 37.7 Å². The predicted octanol–water partition coefficient (Wildman–Crippen LogP) is 3.20. The van der Waals surface area contributed by atoms with E-state index in [-0.39, 0.29) is 6.17 Å². The molecule has 2 aromatic carbocycles. The molecule has 5 heteroatoms. The first-order valence-electron chi connectivity index (χ1n) is 9.87. The number of hydrogen-bond donors (Lipinski definition) is 2. The quantitative estimate of drug-likeness (QED) is 0.727. The minimum absolute atomic E-state index is 0.184. The van der Waals surface area contributed by atoms with E-state index in [1.165, 1.54) is 27.7 Å². The lowest BCUT2D eigenvalue weighted by atomic mass is 10.0. The fourth-order valence-corrected chi connectivity index (χ4v) is 4.28. The second kappa shape index (κ2) is 6.93. The molecule has 0 aliphatic carbocycles. The number of aryl methyl sites for hydroxylation is 1. The Labute approximate surface area is 165 Å². The Morgan fingerprint density at radius 2 is 1.89 bits per heavy atom. The Balaban J connectivity index is 1.67. The van der Waals surface area contributed by atoms with Crippen LogP contribution in [0.25, 0.3) is 10.9 Å². The van der Waals surface area contributed by atoms with Crippen LogP contribution in [0.2, 0.25) is 0 Å². The molecule has 1 aromatic heterocycles. The summed E-state index contributed by atoms with van der Waals surface area (Å²) in [6.07, 6.45) is 0.736. The first kappa shape index (κ1) is 17.2. The lowest BCUT2D eigenvalue weighted by Crippen LogP contribution is -2.53. The van der Waals surface area contributed by atoms with Gasteiger partial charge in [0.25, 0.3) is 0 Å². The van der Waals surface area contributed by atoms with E-state index in [0.29, 0.717) is 0 Å². The van der Waals surface area contributed by atoms with Crippen molar-refractivity contribution < 1.29 is 0 Å². The van der Waals surface area contributed by atoms with E-state index >= 15 is 0 Å². The molecule has 0 saturated heterocycles. The van der Waals surface area contributed by atoms with Crippen LogP contribution in [0.15, 0.2) is 76.9 Å². The average molecular weight is 371 g/mol. The molecule has 5 nitrogen and oxygen atoms in total. The predicted molar refractivity (Wildman–Crippen MR) is 114 cm³/mol. The van der Waals surface area contributed by atoms with Crippen molar-refractivity contribution in [3.63, 3.8) is 0 Å². The molecule has 0 spiro atoms. The number of nitrogens with zero attached hydrogens (tertiary/aromatic N) is 3. The van der Waals surface area contributed by atoms with Crippen LogP contribution in [0.5, 0.6) is 0 Å². The molecule has 28 heavy (non-hydrogen) atoms. The Morgan fingerprint density at radius 3 is 2.75 bits per heavy atom. The molecule has 2 aliphatic heterocycles. The summed E-state index contributed by atoms with van der Waals surface area (Å²) in [6.45, 7) is 4.63. The van der Waals surface area contributed by atoms with Crippen LogP contribution in [0, 0.1) is 6.92 Å². The second-order valence-electron chi connectivity index (χ2n) is 7.55. The monoisotopic (exact) mass is 371 g/mol. The Morgan fingerprint density at radius 1 is 1.11 bits per heavy atom. The fourth-order valence-electron chi connectivity index (χ4n) is 4.28. The van der Waals surface area contributed by atoms with Crippen molar-refractivity contribution >= 4 is 16.9 Å². The molecular formula is C23H25N5. The van der Waals surface area contributed by atoms with Crippen LogP contribution in [-0.4, -0.2) is 34.7 Å². The third-order valence-electron chi connectivity index (χ3n) is 5.70. The Kier molecular flexibility index (Phi) is 4.26. The molecule has 0 amide bonds. The third-order valence-corrected chi connectivity index (χ3v) is 5.70. The standard InChI is InChI=1S/C23H25N5/c1-16-13-18-9-5-6-10-21(18)28(16)23-26-20-11-12-25-14-19(20)22(24)27(23)15-17-7-3-2-4-8-17/h2-10,13,22,25H,11-12,14-15,24H2,1H3.